The van der Waals surface area contributed by atoms with E-state index in [9.17, 15) is 9.59 Å². The number of nitrogens with one attached hydrogen (secondary N) is 2. The van der Waals surface area contributed by atoms with Gasteiger partial charge in [0.05, 0.1) is 31.0 Å². The van der Waals surface area contributed by atoms with E-state index in [0.29, 0.717) is 16.7 Å². The Hall–Kier alpha value is -3.35. The van der Waals surface area contributed by atoms with E-state index in [1.807, 2.05) is 12.1 Å². The lowest BCUT2D eigenvalue weighted by molar-refractivity contribution is -0.114. The van der Waals surface area contributed by atoms with Gasteiger partial charge in [0.2, 0.25) is 5.91 Å². The molecule has 2 aromatic carbocycles. The van der Waals surface area contributed by atoms with E-state index < -0.39 is 0 Å². The molecule has 1 heterocycles. The molecule has 0 unspecified atom stereocenters. The molecule has 0 aliphatic carbocycles. The molecule has 7 heteroatoms. The van der Waals surface area contributed by atoms with Gasteiger partial charge in [-0.2, -0.15) is 0 Å². The van der Waals surface area contributed by atoms with Crippen LogP contribution in [0.5, 0.6) is 5.75 Å². The third-order valence-electron chi connectivity index (χ3n) is 3.69. The van der Waals surface area contributed by atoms with E-state index in [-0.39, 0.29) is 18.1 Å². The smallest absolute Gasteiger partial charge is 0.262 e. The molecule has 1 aromatic heterocycles. The Bertz CT molecular complexity index is 964. The number of rotatable bonds is 5. The lowest BCUT2D eigenvalue weighted by Crippen LogP contribution is -2.24. The van der Waals surface area contributed by atoms with Crippen LogP contribution in [0.4, 0.5) is 11.4 Å². The predicted octanol–water partition coefficient (Wildman–Crippen LogP) is 2.43. The van der Waals surface area contributed by atoms with Crippen LogP contribution in [0.2, 0.25) is 0 Å². The van der Waals surface area contributed by atoms with Crippen LogP contribution >= 0.6 is 0 Å². The van der Waals surface area contributed by atoms with Crippen LogP contribution in [-0.2, 0) is 11.5 Å². The Morgan fingerprint density at radius 1 is 1.16 bits per heavy atom. The van der Waals surface area contributed by atoms with Crippen LogP contribution in [-0.4, -0.2) is 22.6 Å². The summed E-state index contributed by atoms with van der Waals surface area (Å²) in [6, 6.07) is 12.4. The normalized spacial score (nSPS) is 10.5. The zero-order valence-corrected chi connectivity index (χ0v) is 13.9. The number of methoxy groups -OCH3 is 1. The van der Waals surface area contributed by atoms with Crippen molar-refractivity contribution >= 4 is 28.2 Å². The number of carbonyl (C=O) groups excluding carboxylic acids is 1. The zero-order valence-electron chi connectivity index (χ0n) is 13.9. The fourth-order valence-corrected chi connectivity index (χ4v) is 2.43. The van der Waals surface area contributed by atoms with Crippen LogP contribution in [0.25, 0.3) is 10.9 Å². The summed E-state index contributed by atoms with van der Waals surface area (Å²) in [6.07, 6.45) is 1.50. The van der Waals surface area contributed by atoms with Crippen LogP contribution in [0, 0.1) is 0 Å². The number of hydrogen-bond acceptors (Lipinski definition) is 5. The fourth-order valence-electron chi connectivity index (χ4n) is 2.43. The molecule has 0 radical (unpaired) electrons. The second-order valence-electron chi connectivity index (χ2n) is 5.50. The average Bonchev–Trinajstić information content (AvgIpc) is 2.61. The molecule has 0 atom stereocenters. The molecule has 0 aliphatic heterocycles. The molecular formula is C18H18N4O3. The first-order valence-corrected chi connectivity index (χ1v) is 7.71. The van der Waals surface area contributed by atoms with Gasteiger partial charge < -0.3 is 15.4 Å². The number of amides is 1. The molecule has 0 bridgehead atoms. The second kappa shape index (κ2) is 7.04. The third kappa shape index (κ3) is 3.77. The van der Waals surface area contributed by atoms with Crippen molar-refractivity contribution in [2.24, 2.45) is 0 Å². The number of hydrogen-bond donors (Lipinski definition) is 2. The van der Waals surface area contributed by atoms with Gasteiger partial charge in [0.1, 0.15) is 5.75 Å². The van der Waals surface area contributed by atoms with Gasteiger partial charge in [-0.05, 0) is 36.4 Å². The molecule has 0 saturated heterocycles. The molecule has 0 fully saturated rings. The molecule has 2 N–H and O–H groups in total. The summed E-state index contributed by atoms with van der Waals surface area (Å²) in [6.45, 7) is 1.74. The maximum Gasteiger partial charge on any atom is 0.262 e. The van der Waals surface area contributed by atoms with Gasteiger partial charge >= 0.3 is 0 Å². The fraction of sp³-hybridized carbons (Fsp3) is 0.167. The van der Waals surface area contributed by atoms with Crippen molar-refractivity contribution < 1.29 is 9.53 Å². The zero-order chi connectivity index (χ0) is 17.8. The van der Waals surface area contributed by atoms with Crippen molar-refractivity contribution in [3.8, 4) is 5.75 Å². The first-order chi connectivity index (χ1) is 12.1. The Kier molecular flexibility index (Phi) is 4.65. The number of fused-ring (bicyclic) bond motifs is 1. The number of nitrogens with zero attached hydrogens (tertiary/aromatic N) is 2. The van der Waals surface area contributed by atoms with Crippen LogP contribution in [0.15, 0.2) is 53.6 Å². The van der Waals surface area contributed by atoms with E-state index >= 15 is 0 Å². The van der Waals surface area contributed by atoms with Gasteiger partial charge in [-0.1, -0.05) is 0 Å². The standard InChI is InChI=1S/C18H18N4O3/c1-12(23)21-14-5-3-13(4-6-14)19-10-22-11-20-17-9-15(25-2)7-8-16(17)18(22)24/h3-9,11,19H,10H2,1-2H3,(H,21,23). The highest BCUT2D eigenvalue weighted by molar-refractivity contribution is 5.88. The van der Waals surface area contributed by atoms with Gasteiger partial charge in [-0.15, -0.1) is 0 Å². The lowest BCUT2D eigenvalue weighted by Gasteiger charge is -2.10. The number of anilines is 2. The largest absolute Gasteiger partial charge is 0.497 e. The molecule has 25 heavy (non-hydrogen) atoms. The van der Waals surface area contributed by atoms with E-state index in [1.165, 1.54) is 17.8 Å². The monoisotopic (exact) mass is 338 g/mol. The highest BCUT2D eigenvalue weighted by Gasteiger charge is 2.05. The van der Waals surface area contributed by atoms with Crippen molar-refractivity contribution in [1.82, 2.24) is 9.55 Å². The summed E-state index contributed by atoms with van der Waals surface area (Å²) in [5, 5.41) is 6.39. The molecule has 0 spiro atoms. The Morgan fingerprint density at radius 2 is 1.88 bits per heavy atom. The number of carbonyl (C=O) groups is 1. The van der Waals surface area contributed by atoms with Gasteiger partial charge in [0.25, 0.3) is 5.56 Å². The minimum absolute atomic E-state index is 0.119. The maximum atomic E-state index is 12.5. The summed E-state index contributed by atoms with van der Waals surface area (Å²) in [7, 11) is 1.57. The summed E-state index contributed by atoms with van der Waals surface area (Å²) >= 11 is 0. The summed E-state index contributed by atoms with van der Waals surface area (Å²) in [5.74, 6) is 0.542. The SMILES string of the molecule is COc1ccc2c(=O)n(CNc3ccc(NC(C)=O)cc3)cnc2c1. The quantitative estimate of drug-likeness (QED) is 0.746. The second-order valence-corrected chi connectivity index (χ2v) is 5.50. The van der Waals surface area contributed by atoms with Crippen LogP contribution in [0.1, 0.15) is 6.92 Å². The van der Waals surface area contributed by atoms with Crippen molar-refractivity contribution in [1.29, 1.82) is 0 Å². The Balaban J connectivity index is 1.76. The van der Waals surface area contributed by atoms with Gasteiger partial charge in [-0.3, -0.25) is 14.2 Å². The number of aromatic nitrogens is 2. The highest BCUT2D eigenvalue weighted by atomic mass is 16.5. The van der Waals surface area contributed by atoms with Crippen LogP contribution in [0.3, 0.4) is 0 Å². The van der Waals surface area contributed by atoms with Crippen molar-refractivity contribution in [2.45, 2.75) is 13.6 Å². The summed E-state index contributed by atoms with van der Waals surface area (Å²) in [4.78, 5) is 27.8. The van der Waals surface area contributed by atoms with Crippen LogP contribution < -0.4 is 20.9 Å². The number of benzene rings is 2. The molecule has 1 amide bonds. The van der Waals surface area contributed by atoms with E-state index in [2.05, 4.69) is 15.6 Å². The molecule has 3 rings (SSSR count). The third-order valence-corrected chi connectivity index (χ3v) is 3.69. The van der Waals surface area contributed by atoms with E-state index in [1.54, 1.807) is 37.4 Å². The molecule has 0 saturated carbocycles. The van der Waals surface area contributed by atoms with E-state index in [4.69, 9.17) is 4.74 Å². The molecular weight excluding hydrogens is 320 g/mol. The van der Waals surface area contributed by atoms with Crippen molar-refractivity contribution in [3.63, 3.8) is 0 Å². The van der Waals surface area contributed by atoms with Gasteiger partial charge in [-0.25, -0.2) is 4.98 Å². The highest BCUT2D eigenvalue weighted by Crippen LogP contribution is 2.16. The minimum atomic E-state index is -0.130. The molecule has 7 nitrogen and oxygen atoms in total. The number of ether oxygens (including phenoxy) is 1. The topological polar surface area (TPSA) is 85.2 Å². The van der Waals surface area contributed by atoms with Crippen molar-refractivity contribution in [2.75, 3.05) is 17.7 Å². The molecule has 128 valence electrons. The lowest BCUT2D eigenvalue weighted by atomic mass is 10.2. The van der Waals surface area contributed by atoms with Crippen molar-refractivity contribution in [3.05, 3.63) is 59.1 Å². The van der Waals surface area contributed by atoms with Gasteiger partial charge in [0.15, 0.2) is 0 Å². The van der Waals surface area contributed by atoms with E-state index in [0.717, 1.165) is 11.4 Å². The summed E-state index contributed by atoms with van der Waals surface area (Å²) in [5.41, 5.74) is 2.02. The Morgan fingerprint density at radius 3 is 2.56 bits per heavy atom. The average molecular weight is 338 g/mol. The first-order valence-electron chi connectivity index (χ1n) is 7.71. The first kappa shape index (κ1) is 16.5. The summed E-state index contributed by atoms with van der Waals surface area (Å²) < 4.78 is 6.64. The Labute approximate surface area is 144 Å². The van der Waals surface area contributed by atoms with Gasteiger partial charge in [0, 0.05) is 24.4 Å². The molecule has 3 aromatic rings. The predicted molar refractivity (Wildman–Crippen MR) is 96.9 cm³/mol. The minimum Gasteiger partial charge on any atom is -0.497 e. The maximum absolute atomic E-state index is 12.5. The molecule has 0 aliphatic rings.